The molecule has 130 valence electrons. The van der Waals surface area contributed by atoms with E-state index in [2.05, 4.69) is 27.1 Å². The average Bonchev–Trinajstić information content (AvgIpc) is 3.36. The van der Waals surface area contributed by atoms with E-state index in [4.69, 9.17) is 15.2 Å². The minimum atomic E-state index is -0.779. The quantitative estimate of drug-likeness (QED) is 0.730. The molecule has 0 bridgehead atoms. The molecule has 3 aromatic rings. The van der Waals surface area contributed by atoms with Crippen LogP contribution in [0.4, 0.5) is 5.95 Å². The summed E-state index contributed by atoms with van der Waals surface area (Å²) < 4.78 is 13.0. The molecule has 25 heavy (non-hydrogen) atoms. The molecule has 0 radical (unpaired) electrons. The number of rotatable bonds is 5. The van der Waals surface area contributed by atoms with Crippen molar-refractivity contribution in [2.45, 2.75) is 12.0 Å². The number of nitrogens with two attached hydrogens (primary N) is 1. The second kappa shape index (κ2) is 6.90. The maximum absolute atomic E-state index is 6.14. The number of aromatic amines is 1. The first kappa shape index (κ1) is 16.9. The molecule has 0 saturated heterocycles. The number of hydrogen-bond donors (Lipinski definition) is 2. The number of ether oxygens (including phenoxy) is 2. The molecule has 0 saturated carbocycles. The molecule has 4 rings (SSSR count). The van der Waals surface area contributed by atoms with Crippen LogP contribution in [0.25, 0.3) is 0 Å². The largest absolute Gasteiger partial charge is 0.461 e. The van der Waals surface area contributed by atoms with Gasteiger partial charge in [-0.3, -0.25) is 4.57 Å². The molecule has 0 fully saturated rings. The van der Waals surface area contributed by atoms with Crippen LogP contribution in [0.1, 0.15) is 11.3 Å². The van der Waals surface area contributed by atoms with Gasteiger partial charge in [0.15, 0.2) is 11.3 Å². The molecule has 7 nitrogen and oxygen atoms in total. The van der Waals surface area contributed by atoms with Gasteiger partial charge in [0.1, 0.15) is 6.26 Å². The fraction of sp³-hybridized carbons (Fsp3) is 0.176. The van der Waals surface area contributed by atoms with E-state index in [0.717, 1.165) is 11.3 Å². The number of aromatic nitrogens is 4. The predicted molar refractivity (Wildman–Crippen MR) is 94.8 cm³/mol. The zero-order chi connectivity index (χ0) is 16.4. The standard InChI is InChI=1S/C17H17N5O2.ClH/c18-16-20-6-7-22(16)17(14-9-19-11-21-14,15-10-23-12-24-15)8-13-4-2-1-3-5-13;/h1-7,9-11H,8,12H2,(H2,18,20)(H,19,21);1H. The van der Waals surface area contributed by atoms with Crippen molar-refractivity contribution in [1.82, 2.24) is 19.5 Å². The maximum Gasteiger partial charge on any atom is 0.230 e. The van der Waals surface area contributed by atoms with E-state index in [0.29, 0.717) is 18.1 Å². The molecule has 1 aliphatic heterocycles. The number of halogens is 1. The number of nitrogens with one attached hydrogen (secondary N) is 1. The van der Waals surface area contributed by atoms with Gasteiger partial charge < -0.3 is 20.2 Å². The molecule has 3 N–H and O–H groups in total. The van der Waals surface area contributed by atoms with Gasteiger partial charge in [0, 0.05) is 25.0 Å². The van der Waals surface area contributed by atoms with Gasteiger partial charge in [-0.25, -0.2) is 9.97 Å². The summed E-state index contributed by atoms with van der Waals surface area (Å²) in [6, 6.07) is 10.1. The van der Waals surface area contributed by atoms with Gasteiger partial charge in [-0.1, -0.05) is 30.3 Å². The Kier molecular flexibility index (Phi) is 4.67. The van der Waals surface area contributed by atoms with Crippen LogP contribution >= 0.6 is 12.4 Å². The summed E-state index contributed by atoms with van der Waals surface area (Å²) in [5.41, 5.74) is 7.25. The van der Waals surface area contributed by atoms with E-state index in [1.807, 2.05) is 35.2 Å². The van der Waals surface area contributed by atoms with Crippen molar-refractivity contribution >= 4 is 18.4 Å². The highest BCUT2D eigenvalue weighted by molar-refractivity contribution is 5.85. The smallest absolute Gasteiger partial charge is 0.230 e. The van der Waals surface area contributed by atoms with Crippen LogP contribution in [0.2, 0.25) is 0 Å². The van der Waals surface area contributed by atoms with E-state index >= 15 is 0 Å². The lowest BCUT2D eigenvalue weighted by molar-refractivity contribution is 0.0618. The van der Waals surface area contributed by atoms with Crippen LogP contribution in [-0.4, -0.2) is 26.3 Å². The van der Waals surface area contributed by atoms with Gasteiger partial charge in [-0.15, -0.1) is 12.4 Å². The van der Waals surface area contributed by atoms with Crippen molar-refractivity contribution in [3.05, 3.63) is 78.5 Å². The van der Waals surface area contributed by atoms with Crippen LogP contribution in [0.15, 0.2) is 67.3 Å². The molecule has 0 amide bonds. The van der Waals surface area contributed by atoms with Crippen molar-refractivity contribution < 1.29 is 9.47 Å². The topological polar surface area (TPSA) is 91.0 Å². The average molecular weight is 360 g/mol. The van der Waals surface area contributed by atoms with Crippen LogP contribution < -0.4 is 5.73 Å². The van der Waals surface area contributed by atoms with Crippen LogP contribution in [0, 0.1) is 0 Å². The maximum atomic E-state index is 6.14. The summed E-state index contributed by atoms with van der Waals surface area (Å²) in [5.74, 6) is 1.02. The number of benzene rings is 1. The fourth-order valence-electron chi connectivity index (χ4n) is 3.10. The number of hydrogen-bond acceptors (Lipinski definition) is 5. The minimum Gasteiger partial charge on any atom is -0.461 e. The summed E-state index contributed by atoms with van der Waals surface area (Å²) >= 11 is 0. The molecule has 1 aromatic carbocycles. The molecular formula is C17H18ClN5O2. The lowest BCUT2D eigenvalue weighted by atomic mass is 9.85. The van der Waals surface area contributed by atoms with Gasteiger partial charge >= 0.3 is 0 Å². The van der Waals surface area contributed by atoms with Gasteiger partial charge in [-0.05, 0) is 5.56 Å². The molecule has 0 aliphatic carbocycles. The summed E-state index contributed by atoms with van der Waals surface area (Å²) in [6.45, 7) is 0.172. The van der Waals surface area contributed by atoms with E-state index in [1.165, 1.54) is 0 Å². The van der Waals surface area contributed by atoms with Gasteiger partial charge in [0.05, 0.1) is 12.0 Å². The highest BCUT2D eigenvalue weighted by Crippen LogP contribution is 2.40. The third-order valence-corrected chi connectivity index (χ3v) is 4.19. The van der Waals surface area contributed by atoms with Crippen molar-refractivity contribution in [2.24, 2.45) is 0 Å². The van der Waals surface area contributed by atoms with E-state index < -0.39 is 5.54 Å². The monoisotopic (exact) mass is 359 g/mol. The SMILES string of the molecule is Cl.Nc1nccn1C(Cc1ccccc1)(C1=COCO1)c1c[nH]cn1. The second-order valence-corrected chi connectivity index (χ2v) is 5.54. The Morgan fingerprint density at radius 3 is 2.68 bits per heavy atom. The van der Waals surface area contributed by atoms with Crippen LogP contribution in [-0.2, 0) is 21.4 Å². The number of H-pyrrole nitrogens is 1. The normalized spacial score (nSPS) is 15.4. The molecule has 2 aromatic heterocycles. The Labute approximate surface area is 150 Å². The molecule has 3 heterocycles. The first-order valence-electron chi connectivity index (χ1n) is 7.58. The van der Waals surface area contributed by atoms with Gasteiger partial charge in [-0.2, -0.15) is 0 Å². The Morgan fingerprint density at radius 1 is 1.24 bits per heavy atom. The van der Waals surface area contributed by atoms with E-state index in [9.17, 15) is 0 Å². The minimum absolute atomic E-state index is 0. The van der Waals surface area contributed by atoms with Crippen molar-refractivity contribution in [3.8, 4) is 0 Å². The molecule has 8 heteroatoms. The molecule has 1 unspecified atom stereocenters. The number of nitrogens with zero attached hydrogens (tertiary/aromatic N) is 3. The Hall–Kier alpha value is -2.93. The lowest BCUT2D eigenvalue weighted by Gasteiger charge is -2.34. The first-order valence-corrected chi connectivity index (χ1v) is 7.58. The predicted octanol–water partition coefficient (Wildman–Crippen LogP) is 2.44. The lowest BCUT2D eigenvalue weighted by Crippen LogP contribution is -2.40. The zero-order valence-corrected chi connectivity index (χ0v) is 14.1. The van der Waals surface area contributed by atoms with E-state index in [1.54, 1.807) is 18.8 Å². The molecular weight excluding hydrogens is 342 g/mol. The number of nitrogen functional groups attached to an aromatic ring is 1. The third-order valence-electron chi connectivity index (χ3n) is 4.19. The third kappa shape index (κ3) is 2.83. The zero-order valence-electron chi connectivity index (χ0n) is 13.3. The second-order valence-electron chi connectivity index (χ2n) is 5.54. The van der Waals surface area contributed by atoms with Crippen LogP contribution in [0.3, 0.4) is 0 Å². The van der Waals surface area contributed by atoms with Crippen molar-refractivity contribution in [3.63, 3.8) is 0 Å². The molecule has 0 spiro atoms. The summed E-state index contributed by atoms with van der Waals surface area (Å²) in [6.07, 6.45) is 9.18. The van der Waals surface area contributed by atoms with Crippen molar-refractivity contribution in [1.29, 1.82) is 0 Å². The molecule has 1 atom stereocenters. The number of imidazole rings is 2. The first-order chi connectivity index (χ1) is 11.8. The van der Waals surface area contributed by atoms with Gasteiger partial charge in [0.25, 0.3) is 0 Å². The summed E-state index contributed by atoms with van der Waals surface area (Å²) in [7, 11) is 0. The van der Waals surface area contributed by atoms with Crippen LogP contribution in [0.5, 0.6) is 0 Å². The van der Waals surface area contributed by atoms with Crippen molar-refractivity contribution in [2.75, 3.05) is 12.5 Å². The number of allylic oxidation sites excluding steroid dienone is 1. The molecule has 1 aliphatic rings. The fourth-order valence-corrected chi connectivity index (χ4v) is 3.10. The Bertz CT molecular complexity index is 847. The highest BCUT2D eigenvalue weighted by atomic mass is 35.5. The van der Waals surface area contributed by atoms with Gasteiger partial charge in [0.2, 0.25) is 12.7 Å². The Balaban J connectivity index is 0.00000182. The summed E-state index contributed by atoms with van der Waals surface area (Å²) in [4.78, 5) is 11.7. The Morgan fingerprint density at radius 2 is 2.08 bits per heavy atom. The van der Waals surface area contributed by atoms with E-state index in [-0.39, 0.29) is 19.2 Å². The summed E-state index contributed by atoms with van der Waals surface area (Å²) in [5, 5.41) is 0. The highest BCUT2D eigenvalue weighted by Gasteiger charge is 2.45. The number of anilines is 1.